The van der Waals surface area contributed by atoms with Crippen LogP contribution in [0.4, 0.5) is 4.39 Å². The van der Waals surface area contributed by atoms with Gasteiger partial charge >= 0.3 is 5.97 Å². The van der Waals surface area contributed by atoms with Gasteiger partial charge in [0.2, 0.25) is 0 Å². The number of carbonyl (C=O) groups is 2. The van der Waals surface area contributed by atoms with Gasteiger partial charge in [0.05, 0.1) is 13.2 Å². The standard InChI is InChI=1S/C14H16FNO5/c1-20-11-4-2-8(6-10(11)15)13(17)16-7-9-3-5-12(21-9)14(18)19/h2,4,6,9,12H,3,5,7H2,1H3,(H,16,17)(H,18,19). The number of hydrogen-bond acceptors (Lipinski definition) is 4. The van der Waals surface area contributed by atoms with Crippen molar-refractivity contribution in [2.45, 2.75) is 25.0 Å². The van der Waals surface area contributed by atoms with Crippen LogP contribution in [0.2, 0.25) is 0 Å². The maximum absolute atomic E-state index is 13.5. The Balaban J connectivity index is 1.88. The molecule has 1 aromatic carbocycles. The maximum Gasteiger partial charge on any atom is 0.332 e. The first kappa shape index (κ1) is 15.2. The number of aliphatic carboxylic acids is 1. The van der Waals surface area contributed by atoms with Crippen LogP contribution in [0.5, 0.6) is 5.75 Å². The van der Waals surface area contributed by atoms with Gasteiger partial charge in [-0.3, -0.25) is 4.79 Å². The molecule has 0 aromatic heterocycles. The van der Waals surface area contributed by atoms with Crippen LogP contribution in [0.1, 0.15) is 23.2 Å². The molecule has 2 unspecified atom stereocenters. The fraction of sp³-hybridized carbons (Fsp3) is 0.429. The zero-order valence-corrected chi connectivity index (χ0v) is 11.5. The van der Waals surface area contributed by atoms with Crippen LogP contribution in [0.3, 0.4) is 0 Å². The Labute approximate surface area is 120 Å². The molecule has 1 aliphatic heterocycles. The van der Waals surface area contributed by atoms with Gasteiger partial charge in [-0.2, -0.15) is 0 Å². The van der Waals surface area contributed by atoms with E-state index in [0.29, 0.717) is 12.8 Å². The summed E-state index contributed by atoms with van der Waals surface area (Å²) in [5, 5.41) is 11.4. The summed E-state index contributed by atoms with van der Waals surface area (Å²) in [5.74, 6) is -2.00. The summed E-state index contributed by atoms with van der Waals surface area (Å²) in [6.45, 7) is 0.191. The Morgan fingerprint density at radius 2 is 2.24 bits per heavy atom. The molecule has 114 valence electrons. The van der Waals surface area contributed by atoms with Gasteiger partial charge in [0.1, 0.15) is 0 Å². The molecule has 6 nitrogen and oxygen atoms in total. The second kappa shape index (κ2) is 6.53. The highest BCUT2D eigenvalue weighted by Gasteiger charge is 2.30. The van der Waals surface area contributed by atoms with Crippen LogP contribution in [0, 0.1) is 5.82 Å². The highest BCUT2D eigenvalue weighted by Crippen LogP contribution is 2.20. The molecule has 1 aromatic rings. The number of carboxylic acid groups (broad SMARTS) is 1. The maximum atomic E-state index is 13.5. The van der Waals surface area contributed by atoms with Gasteiger partial charge in [-0.1, -0.05) is 0 Å². The molecule has 1 aliphatic rings. The fourth-order valence-corrected chi connectivity index (χ4v) is 2.15. The highest BCUT2D eigenvalue weighted by atomic mass is 19.1. The average molecular weight is 297 g/mol. The first-order valence-electron chi connectivity index (χ1n) is 6.51. The number of halogens is 1. The van der Waals surface area contributed by atoms with Gasteiger partial charge in [0.25, 0.3) is 5.91 Å². The van der Waals surface area contributed by atoms with Crippen molar-refractivity contribution in [2.24, 2.45) is 0 Å². The zero-order valence-electron chi connectivity index (χ0n) is 11.5. The molecule has 0 radical (unpaired) electrons. The second-order valence-electron chi connectivity index (χ2n) is 4.72. The van der Waals surface area contributed by atoms with Gasteiger partial charge in [-0.05, 0) is 31.0 Å². The minimum Gasteiger partial charge on any atom is -0.494 e. The van der Waals surface area contributed by atoms with Crippen molar-refractivity contribution in [1.29, 1.82) is 0 Å². The van der Waals surface area contributed by atoms with Crippen molar-refractivity contribution in [3.63, 3.8) is 0 Å². The number of carbonyl (C=O) groups excluding carboxylic acids is 1. The van der Waals surface area contributed by atoms with Crippen molar-refractivity contribution in [3.8, 4) is 5.75 Å². The van der Waals surface area contributed by atoms with Crippen LogP contribution in [-0.2, 0) is 9.53 Å². The second-order valence-corrected chi connectivity index (χ2v) is 4.72. The molecule has 2 atom stereocenters. The number of benzene rings is 1. The Kier molecular flexibility index (Phi) is 4.74. The van der Waals surface area contributed by atoms with Crippen LogP contribution < -0.4 is 10.1 Å². The van der Waals surface area contributed by atoms with E-state index in [2.05, 4.69) is 5.32 Å². The molecule has 1 fully saturated rings. The van der Waals surface area contributed by atoms with Crippen molar-refractivity contribution in [3.05, 3.63) is 29.6 Å². The molecule has 0 aliphatic carbocycles. The van der Waals surface area contributed by atoms with Gasteiger partial charge in [-0.15, -0.1) is 0 Å². The normalized spacial score (nSPS) is 21.0. The Hall–Kier alpha value is -2.15. The van der Waals surface area contributed by atoms with Gasteiger partial charge in [-0.25, -0.2) is 9.18 Å². The zero-order chi connectivity index (χ0) is 15.4. The van der Waals surface area contributed by atoms with E-state index < -0.39 is 23.8 Å². The van der Waals surface area contributed by atoms with Crippen LogP contribution in [0.25, 0.3) is 0 Å². The molecular weight excluding hydrogens is 281 g/mol. The SMILES string of the molecule is COc1ccc(C(=O)NCC2CCC(C(=O)O)O2)cc1F. The monoisotopic (exact) mass is 297 g/mol. The third-order valence-corrected chi connectivity index (χ3v) is 3.29. The predicted octanol–water partition coefficient (Wildman–Crippen LogP) is 1.20. The lowest BCUT2D eigenvalue weighted by molar-refractivity contribution is -0.149. The molecule has 1 heterocycles. The summed E-state index contributed by atoms with van der Waals surface area (Å²) in [6.07, 6.45) is -0.162. The first-order valence-corrected chi connectivity index (χ1v) is 6.51. The van der Waals surface area contributed by atoms with Crippen LogP contribution >= 0.6 is 0 Å². The molecule has 0 bridgehead atoms. The van der Waals surface area contributed by atoms with Crippen molar-refractivity contribution < 1.29 is 28.6 Å². The number of nitrogens with one attached hydrogen (secondary N) is 1. The topological polar surface area (TPSA) is 84.9 Å². The van der Waals surface area contributed by atoms with Crippen LogP contribution in [-0.4, -0.2) is 42.8 Å². The average Bonchev–Trinajstić information content (AvgIpc) is 2.93. The van der Waals surface area contributed by atoms with E-state index in [-0.39, 0.29) is 24.0 Å². The van der Waals surface area contributed by atoms with E-state index in [0.717, 1.165) is 6.07 Å². The van der Waals surface area contributed by atoms with E-state index >= 15 is 0 Å². The molecule has 1 saturated heterocycles. The van der Waals surface area contributed by atoms with Gasteiger partial charge in [0, 0.05) is 12.1 Å². The van der Waals surface area contributed by atoms with E-state index in [1.165, 1.54) is 19.2 Å². The first-order chi connectivity index (χ1) is 10.0. The molecule has 0 spiro atoms. The number of hydrogen-bond donors (Lipinski definition) is 2. The Morgan fingerprint density at radius 1 is 1.48 bits per heavy atom. The third kappa shape index (κ3) is 3.69. The van der Waals surface area contributed by atoms with E-state index in [4.69, 9.17) is 14.6 Å². The molecule has 7 heteroatoms. The summed E-state index contributed by atoms with van der Waals surface area (Å²) in [7, 11) is 1.34. The highest BCUT2D eigenvalue weighted by molar-refractivity contribution is 5.94. The van der Waals surface area contributed by atoms with Gasteiger partial charge in [0.15, 0.2) is 17.7 Å². The number of ether oxygens (including phenoxy) is 2. The van der Waals surface area contributed by atoms with E-state index in [9.17, 15) is 14.0 Å². The van der Waals surface area contributed by atoms with Crippen molar-refractivity contribution in [2.75, 3.05) is 13.7 Å². The largest absolute Gasteiger partial charge is 0.494 e. The van der Waals surface area contributed by atoms with Gasteiger partial charge < -0.3 is 19.9 Å². The quantitative estimate of drug-likeness (QED) is 0.853. The molecule has 2 rings (SSSR count). The number of methoxy groups -OCH3 is 1. The number of carboxylic acids is 1. The summed E-state index contributed by atoms with van der Waals surface area (Å²) in [4.78, 5) is 22.6. The number of rotatable bonds is 5. The number of amides is 1. The third-order valence-electron chi connectivity index (χ3n) is 3.29. The molecule has 2 N–H and O–H groups in total. The summed E-state index contributed by atoms with van der Waals surface area (Å²) < 4.78 is 23.5. The Bertz CT molecular complexity index is 548. The Morgan fingerprint density at radius 3 is 2.81 bits per heavy atom. The minimum absolute atomic E-state index is 0.0648. The fourth-order valence-electron chi connectivity index (χ4n) is 2.15. The smallest absolute Gasteiger partial charge is 0.332 e. The van der Waals surface area contributed by atoms with Crippen molar-refractivity contribution >= 4 is 11.9 Å². The van der Waals surface area contributed by atoms with E-state index in [1.54, 1.807) is 0 Å². The van der Waals surface area contributed by atoms with Crippen LogP contribution in [0.15, 0.2) is 18.2 Å². The lowest BCUT2D eigenvalue weighted by Gasteiger charge is -2.12. The molecular formula is C14H16FNO5. The summed E-state index contributed by atoms with van der Waals surface area (Å²) in [5.41, 5.74) is 0.168. The minimum atomic E-state index is -0.999. The summed E-state index contributed by atoms with van der Waals surface area (Å²) in [6, 6.07) is 3.91. The van der Waals surface area contributed by atoms with Crippen molar-refractivity contribution in [1.82, 2.24) is 5.32 Å². The molecule has 0 saturated carbocycles. The molecule has 21 heavy (non-hydrogen) atoms. The lowest BCUT2D eigenvalue weighted by Crippen LogP contribution is -2.33. The molecule has 1 amide bonds. The van der Waals surface area contributed by atoms with E-state index in [1.807, 2.05) is 0 Å². The lowest BCUT2D eigenvalue weighted by atomic mass is 10.1. The summed E-state index contributed by atoms with van der Waals surface area (Å²) >= 11 is 0. The predicted molar refractivity (Wildman–Crippen MR) is 70.8 cm³/mol.